The molecule has 0 aromatic heterocycles. The molecule has 9 nitrogen and oxygen atoms in total. The van der Waals surface area contributed by atoms with Crippen LogP contribution in [0.3, 0.4) is 0 Å². The second kappa shape index (κ2) is 12.0. The third kappa shape index (κ3) is 9.91. The number of phenolic OH excluding ortho intramolecular Hbond substituents is 1. The van der Waals surface area contributed by atoms with Gasteiger partial charge in [-0.15, -0.1) is 0 Å². The number of carboxylic acids is 3. The molecule has 0 aliphatic heterocycles. The lowest BCUT2D eigenvalue weighted by Crippen LogP contribution is -2.42. The molecule has 1 aromatic rings. The molecule has 0 aliphatic carbocycles. The Hall–Kier alpha value is -2.65. The van der Waals surface area contributed by atoms with Crippen LogP contribution in [0.5, 0.6) is 5.75 Å². The molecule has 0 spiro atoms. The van der Waals surface area contributed by atoms with Crippen LogP contribution in [0.15, 0.2) is 24.3 Å². The third-order valence-electron chi connectivity index (χ3n) is 4.36. The molecule has 164 valence electrons. The first kappa shape index (κ1) is 26.4. The number of rotatable bonds is 10. The van der Waals surface area contributed by atoms with E-state index in [9.17, 15) is 19.5 Å². The van der Waals surface area contributed by atoms with Crippen molar-refractivity contribution in [3.63, 3.8) is 0 Å². The molecule has 29 heavy (non-hydrogen) atoms. The monoisotopic (exact) mass is 413 g/mol. The lowest BCUT2D eigenvalue weighted by atomic mass is 9.85. The van der Waals surface area contributed by atoms with Crippen molar-refractivity contribution in [3.05, 3.63) is 29.8 Å². The lowest BCUT2D eigenvalue weighted by molar-refractivity contribution is -0.170. The van der Waals surface area contributed by atoms with Crippen molar-refractivity contribution in [3.8, 4) is 5.75 Å². The highest BCUT2D eigenvalue weighted by Gasteiger charge is 2.40. The van der Waals surface area contributed by atoms with Crippen LogP contribution in [-0.4, -0.2) is 74.6 Å². The molecule has 0 unspecified atom stereocenters. The summed E-state index contributed by atoms with van der Waals surface area (Å²) in [6.45, 7) is 5.56. The van der Waals surface area contributed by atoms with E-state index in [1.807, 2.05) is 12.1 Å². The number of aliphatic hydroxyl groups is 1. The van der Waals surface area contributed by atoms with Gasteiger partial charge in [0.2, 0.25) is 0 Å². The van der Waals surface area contributed by atoms with Gasteiger partial charge in [-0.2, -0.15) is 0 Å². The summed E-state index contributed by atoms with van der Waals surface area (Å²) < 4.78 is 0. The summed E-state index contributed by atoms with van der Waals surface area (Å²) in [6.07, 6.45) is -1.18. The number of hydrogen-bond donors (Lipinski definition) is 5. The van der Waals surface area contributed by atoms with Crippen molar-refractivity contribution in [2.24, 2.45) is 5.92 Å². The fourth-order valence-electron chi connectivity index (χ4n) is 3.14. The number of aromatic hydroxyl groups is 1. The van der Waals surface area contributed by atoms with Crippen molar-refractivity contribution < 1.29 is 39.9 Å². The van der Waals surface area contributed by atoms with Gasteiger partial charge in [0, 0.05) is 6.54 Å². The van der Waals surface area contributed by atoms with Crippen LogP contribution in [0.4, 0.5) is 0 Å². The van der Waals surface area contributed by atoms with Crippen LogP contribution >= 0.6 is 0 Å². The molecule has 0 heterocycles. The standard InChI is InChI=1S/C14H23NO.C6H8O7/c1-5-14(11(2)10-15(3)4)12-7-6-8-13(16)9-12;7-3(8)1-6(13,5(11)12)2-4(9)10/h6-9,11,14,16H,5,10H2,1-4H3;13H,1-2H2,(H,7,8)(H,9,10)(H,11,12)/t11-,14+;/m0./s1. The highest BCUT2D eigenvalue weighted by atomic mass is 16.4. The summed E-state index contributed by atoms with van der Waals surface area (Å²) in [4.78, 5) is 32.7. The first-order valence-electron chi connectivity index (χ1n) is 9.15. The first-order chi connectivity index (χ1) is 13.3. The zero-order chi connectivity index (χ0) is 22.8. The second-order valence-electron chi connectivity index (χ2n) is 7.33. The summed E-state index contributed by atoms with van der Waals surface area (Å²) in [5.41, 5.74) is -1.49. The Labute approximate surface area is 170 Å². The van der Waals surface area contributed by atoms with E-state index in [1.165, 1.54) is 5.56 Å². The van der Waals surface area contributed by atoms with Gasteiger partial charge in [0.25, 0.3) is 0 Å². The molecule has 0 fully saturated rings. The van der Waals surface area contributed by atoms with Gasteiger partial charge in [-0.05, 0) is 50.0 Å². The zero-order valence-corrected chi connectivity index (χ0v) is 17.2. The molecular formula is C20H31NO8. The normalized spacial score (nSPS) is 13.2. The fraction of sp³-hybridized carbons (Fsp3) is 0.550. The average Bonchev–Trinajstić information content (AvgIpc) is 2.53. The van der Waals surface area contributed by atoms with E-state index in [0.717, 1.165) is 13.0 Å². The maximum Gasteiger partial charge on any atom is 0.336 e. The van der Waals surface area contributed by atoms with Crippen LogP contribution in [0.2, 0.25) is 0 Å². The number of carbonyl (C=O) groups is 3. The molecule has 0 saturated carbocycles. The van der Waals surface area contributed by atoms with Gasteiger partial charge in [0.15, 0.2) is 5.60 Å². The number of phenols is 1. The maximum atomic E-state index is 10.3. The van der Waals surface area contributed by atoms with Gasteiger partial charge in [0.1, 0.15) is 5.75 Å². The van der Waals surface area contributed by atoms with E-state index >= 15 is 0 Å². The van der Waals surface area contributed by atoms with Gasteiger partial charge >= 0.3 is 17.9 Å². The van der Waals surface area contributed by atoms with Crippen molar-refractivity contribution >= 4 is 17.9 Å². The molecule has 0 radical (unpaired) electrons. The van der Waals surface area contributed by atoms with Crippen molar-refractivity contribution in [2.75, 3.05) is 20.6 Å². The van der Waals surface area contributed by atoms with Gasteiger partial charge in [-0.3, -0.25) is 9.59 Å². The van der Waals surface area contributed by atoms with Crippen molar-refractivity contribution in [1.82, 2.24) is 4.90 Å². The molecule has 0 aliphatic rings. The molecule has 0 bridgehead atoms. The Morgan fingerprint density at radius 3 is 1.93 bits per heavy atom. The molecule has 0 saturated heterocycles. The SMILES string of the molecule is CC[C@@H](c1cccc(O)c1)[C@@H](C)CN(C)C.O=C(O)CC(O)(CC(=O)O)C(=O)O. The summed E-state index contributed by atoms with van der Waals surface area (Å²) >= 11 is 0. The van der Waals surface area contributed by atoms with Crippen LogP contribution < -0.4 is 0 Å². The van der Waals surface area contributed by atoms with Gasteiger partial charge in [-0.25, -0.2) is 4.79 Å². The minimum absolute atomic E-state index is 0.369. The number of benzene rings is 1. The maximum absolute atomic E-state index is 10.3. The van der Waals surface area contributed by atoms with Crippen LogP contribution in [-0.2, 0) is 14.4 Å². The Kier molecular flexibility index (Phi) is 10.9. The molecule has 2 atom stereocenters. The van der Waals surface area contributed by atoms with E-state index in [4.69, 9.17) is 20.4 Å². The summed E-state index contributed by atoms with van der Waals surface area (Å²) in [5, 5.41) is 43.3. The Morgan fingerprint density at radius 2 is 1.59 bits per heavy atom. The zero-order valence-electron chi connectivity index (χ0n) is 17.2. The van der Waals surface area contributed by atoms with Crippen LogP contribution in [0.25, 0.3) is 0 Å². The quantitative estimate of drug-likeness (QED) is 0.386. The average molecular weight is 413 g/mol. The van der Waals surface area contributed by atoms with Crippen LogP contribution in [0, 0.1) is 5.92 Å². The van der Waals surface area contributed by atoms with Gasteiger partial charge < -0.3 is 30.4 Å². The van der Waals surface area contributed by atoms with E-state index < -0.39 is 36.4 Å². The first-order valence-corrected chi connectivity index (χ1v) is 9.15. The third-order valence-corrected chi connectivity index (χ3v) is 4.36. The van der Waals surface area contributed by atoms with E-state index in [-0.39, 0.29) is 0 Å². The highest BCUT2D eigenvalue weighted by Crippen LogP contribution is 2.30. The van der Waals surface area contributed by atoms with Gasteiger partial charge in [-0.1, -0.05) is 26.0 Å². The van der Waals surface area contributed by atoms with Gasteiger partial charge in [0.05, 0.1) is 12.8 Å². The van der Waals surface area contributed by atoms with E-state index in [1.54, 1.807) is 6.07 Å². The Bertz CT molecular complexity index is 673. The Morgan fingerprint density at radius 1 is 1.07 bits per heavy atom. The molecule has 5 N–H and O–H groups in total. The van der Waals surface area contributed by atoms with Crippen molar-refractivity contribution in [2.45, 2.75) is 44.6 Å². The minimum atomic E-state index is -2.74. The lowest BCUT2D eigenvalue weighted by Gasteiger charge is -2.26. The van der Waals surface area contributed by atoms with Crippen LogP contribution in [0.1, 0.15) is 44.6 Å². The fourth-order valence-corrected chi connectivity index (χ4v) is 3.14. The second-order valence-corrected chi connectivity index (χ2v) is 7.33. The predicted octanol–water partition coefficient (Wildman–Crippen LogP) is 1.83. The smallest absolute Gasteiger partial charge is 0.336 e. The summed E-state index contributed by atoms with van der Waals surface area (Å²) in [7, 11) is 4.21. The topological polar surface area (TPSA) is 156 Å². The van der Waals surface area contributed by atoms with E-state index in [2.05, 4.69) is 38.9 Å². The van der Waals surface area contributed by atoms with E-state index in [0.29, 0.717) is 17.6 Å². The molecule has 1 aromatic carbocycles. The van der Waals surface area contributed by atoms with Crippen molar-refractivity contribution in [1.29, 1.82) is 0 Å². The number of hydrogen-bond acceptors (Lipinski definition) is 6. The highest BCUT2D eigenvalue weighted by molar-refractivity contribution is 5.88. The molecule has 9 heteroatoms. The summed E-state index contributed by atoms with van der Waals surface area (Å²) in [5.74, 6) is -3.53. The largest absolute Gasteiger partial charge is 0.508 e. The number of aliphatic carboxylic acids is 3. The summed E-state index contributed by atoms with van der Waals surface area (Å²) in [6, 6.07) is 7.66. The minimum Gasteiger partial charge on any atom is -0.508 e. The molecule has 1 rings (SSSR count). The molecular weight excluding hydrogens is 382 g/mol. The molecule has 0 amide bonds. The predicted molar refractivity (Wildman–Crippen MR) is 106 cm³/mol. The Balaban J connectivity index is 0.000000555. The number of carboxylic acid groups (broad SMARTS) is 3. The number of nitrogens with zero attached hydrogens (tertiary/aromatic N) is 1.